The number of benzene rings is 1. The smallest absolute Gasteiger partial charge is 0.418 e. The maximum absolute atomic E-state index is 11.8. The molecule has 0 aliphatic heterocycles. The molecule has 2 aromatic heterocycles. The Bertz CT molecular complexity index is 831. The third-order valence-electron chi connectivity index (χ3n) is 3.13. The third-order valence-corrected chi connectivity index (χ3v) is 5.22. The number of rotatable bonds is 6. The highest BCUT2D eigenvalue weighted by molar-refractivity contribution is 8.00. The van der Waals surface area contributed by atoms with Gasteiger partial charge >= 0.3 is 6.09 Å². The first kappa shape index (κ1) is 17.5. The molecule has 0 spiro atoms. The monoisotopic (exact) mass is 375 g/mol. The molecule has 0 aliphatic rings. The van der Waals surface area contributed by atoms with Crippen LogP contribution in [-0.2, 0) is 5.75 Å². The molecule has 0 saturated heterocycles. The zero-order valence-corrected chi connectivity index (χ0v) is 15.4. The Balaban J connectivity index is 1.50. The third kappa shape index (κ3) is 5.07. The Labute approximate surface area is 153 Å². The van der Waals surface area contributed by atoms with Crippen LogP contribution in [-0.4, -0.2) is 16.1 Å². The van der Waals surface area contributed by atoms with Crippen LogP contribution in [0.4, 0.5) is 9.93 Å². The lowest BCUT2D eigenvalue weighted by molar-refractivity contribution is 0.215. The Hall–Kier alpha value is -2.32. The van der Waals surface area contributed by atoms with Crippen molar-refractivity contribution in [1.29, 1.82) is 0 Å². The van der Waals surface area contributed by atoms with E-state index in [9.17, 15) is 4.79 Å². The van der Waals surface area contributed by atoms with Crippen LogP contribution in [0, 0.1) is 0 Å². The molecule has 1 amide bonds. The van der Waals surface area contributed by atoms with Crippen LogP contribution in [0.1, 0.15) is 31.4 Å². The summed E-state index contributed by atoms with van der Waals surface area (Å²) in [4.78, 5) is 20.3. The van der Waals surface area contributed by atoms with Gasteiger partial charge in [0.15, 0.2) is 5.13 Å². The number of thioether (sulfide) groups is 1. The highest BCUT2D eigenvalue weighted by atomic mass is 32.2. The predicted octanol–water partition coefficient (Wildman–Crippen LogP) is 5.16. The van der Waals surface area contributed by atoms with Gasteiger partial charge in [-0.3, -0.25) is 5.32 Å². The van der Waals surface area contributed by atoms with Crippen LogP contribution in [0.2, 0.25) is 0 Å². The molecule has 0 aliphatic carbocycles. The molecule has 0 unspecified atom stereocenters. The van der Waals surface area contributed by atoms with E-state index >= 15 is 0 Å². The minimum atomic E-state index is -0.564. The van der Waals surface area contributed by atoms with Crippen molar-refractivity contribution in [3.05, 3.63) is 54.4 Å². The second kappa shape index (κ2) is 8.17. The van der Waals surface area contributed by atoms with Gasteiger partial charge in [-0.05, 0) is 12.1 Å². The van der Waals surface area contributed by atoms with Crippen LogP contribution in [0.5, 0.6) is 5.75 Å². The van der Waals surface area contributed by atoms with Crippen LogP contribution < -0.4 is 10.1 Å². The largest absolute Gasteiger partial charge is 0.445 e. The van der Waals surface area contributed by atoms with Gasteiger partial charge in [0.1, 0.15) is 11.5 Å². The first-order valence-electron chi connectivity index (χ1n) is 7.67. The van der Waals surface area contributed by atoms with Gasteiger partial charge in [0.2, 0.25) is 5.89 Å². The first-order valence-corrected chi connectivity index (χ1v) is 9.47. The number of oxazole rings is 1. The van der Waals surface area contributed by atoms with E-state index in [0.29, 0.717) is 28.4 Å². The maximum Gasteiger partial charge on any atom is 0.418 e. The van der Waals surface area contributed by atoms with Gasteiger partial charge in [0, 0.05) is 5.92 Å². The molecule has 0 saturated carbocycles. The number of nitrogens with zero attached hydrogens (tertiary/aromatic N) is 2. The van der Waals surface area contributed by atoms with Gasteiger partial charge in [-0.15, -0.1) is 11.8 Å². The number of para-hydroxylation sites is 1. The number of carbonyl (C=O) groups excluding carboxylic acids is 1. The SMILES string of the molecule is CC(C)c1cnc(CSc2cnc(NC(=O)Oc3ccccc3)s2)o1. The minimum Gasteiger partial charge on any atom is -0.445 e. The van der Waals surface area contributed by atoms with Gasteiger partial charge in [-0.25, -0.2) is 14.8 Å². The van der Waals surface area contributed by atoms with E-state index < -0.39 is 6.09 Å². The van der Waals surface area contributed by atoms with E-state index in [4.69, 9.17) is 9.15 Å². The van der Waals surface area contributed by atoms with Crippen molar-refractivity contribution in [2.75, 3.05) is 5.32 Å². The zero-order chi connectivity index (χ0) is 17.6. The highest BCUT2D eigenvalue weighted by Gasteiger charge is 2.11. The number of thiazole rings is 1. The lowest BCUT2D eigenvalue weighted by Gasteiger charge is -2.03. The van der Waals surface area contributed by atoms with Crippen LogP contribution in [0.3, 0.4) is 0 Å². The number of nitrogens with one attached hydrogen (secondary N) is 1. The number of anilines is 1. The summed E-state index contributed by atoms with van der Waals surface area (Å²) in [6.45, 7) is 4.13. The summed E-state index contributed by atoms with van der Waals surface area (Å²) in [5, 5.41) is 3.11. The quantitative estimate of drug-likeness (QED) is 0.600. The molecule has 1 N–H and O–H groups in total. The summed E-state index contributed by atoms with van der Waals surface area (Å²) in [5.74, 6) is 2.98. The topological polar surface area (TPSA) is 77.2 Å². The molecule has 25 heavy (non-hydrogen) atoms. The lowest BCUT2D eigenvalue weighted by atomic mass is 10.2. The molecule has 0 bridgehead atoms. The van der Waals surface area contributed by atoms with Gasteiger partial charge in [-0.2, -0.15) is 0 Å². The molecule has 0 radical (unpaired) electrons. The molecule has 0 atom stereocenters. The average molecular weight is 375 g/mol. The minimum absolute atomic E-state index is 0.320. The molecule has 3 rings (SSSR count). The number of ether oxygens (including phenoxy) is 1. The van der Waals surface area contributed by atoms with Gasteiger partial charge in [0.05, 0.1) is 22.4 Å². The summed E-state index contributed by atoms with van der Waals surface area (Å²) in [6, 6.07) is 8.88. The number of carbonyl (C=O) groups is 1. The second-order valence-electron chi connectivity index (χ2n) is 5.41. The second-order valence-corrected chi connectivity index (χ2v) is 7.72. The molecule has 0 fully saturated rings. The van der Waals surface area contributed by atoms with E-state index in [1.807, 2.05) is 6.07 Å². The number of hydrogen-bond acceptors (Lipinski definition) is 7. The van der Waals surface area contributed by atoms with Crippen LogP contribution in [0.25, 0.3) is 0 Å². The normalized spacial score (nSPS) is 10.8. The molecule has 1 aromatic carbocycles. The van der Waals surface area contributed by atoms with Crippen molar-refractivity contribution >= 4 is 34.3 Å². The molecular formula is C17H17N3O3S2. The standard InChI is InChI=1S/C17H17N3O3S2/c1-11(2)13-8-18-14(23-13)10-24-15-9-19-16(25-15)20-17(21)22-12-6-4-3-5-7-12/h3-9,11H,10H2,1-2H3,(H,19,20,21). The van der Waals surface area contributed by atoms with E-state index in [0.717, 1.165) is 9.97 Å². The van der Waals surface area contributed by atoms with Crippen LogP contribution in [0.15, 0.2) is 51.4 Å². The van der Waals surface area contributed by atoms with Gasteiger partial charge in [0.25, 0.3) is 0 Å². The first-order chi connectivity index (χ1) is 12.1. The molecule has 8 heteroatoms. The summed E-state index contributed by atoms with van der Waals surface area (Å²) >= 11 is 2.93. The Morgan fingerprint density at radius 3 is 2.80 bits per heavy atom. The number of aromatic nitrogens is 2. The van der Waals surface area contributed by atoms with Gasteiger partial charge in [-0.1, -0.05) is 43.4 Å². The fourth-order valence-electron chi connectivity index (χ4n) is 1.88. The van der Waals surface area contributed by atoms with Crippen molar-refractivity contribution in [1.82, 2.24) is 9.97 Å². The van der Waals surface area contributed by atoms with Crippen molar-refractivity contribution < 1.29 is 13.9 Å². The Morgan fingerprint density at radius 2 is 2.08 bits per heavy atom. The fraction of sp³-hybridized carbons (Fsp3) is 0.235. The van der Waals surface area contributed by atoms with Crippen molar-refractivity contribution in [2.24, 2.45) is 0 Å². The Morgan fingerprint density at radius 1 is 1.28 bits per heavy atom. The van der Waals surface area contributed by atoms with Crippen LogP contribution >= 0.6 is 23.1 Å². The molecule has 2 heterocycles. The Kier molecular flexibility index (Phi) is 5.72. The molecule has 130 valence electrons. The summed E-state index contributed by atoms with van der Waals surface area (Å²) in [6.07, 6.45) is 2.91. The van der Waals surface area contributed by atoms with E-state index in [1.54, 1.807) is 48.4 Å². The van der Waals surface area contributed by atoms with Gasteiger partial charge < -0.3 is 9.15 Å². The van der Waals surface area contributed by atoms with Crippen molar-refractivity contribution in [3.8, 4) is 5.75 Å². The number of hydrogen-bond donors (Lipinski definition) is 1. The highest BCUT2D eigenvalue weighted by Crippen LogP contribution is 2.31. The fourth-order valence-corrected chi connectivity index (χ4v) is 3.59. The maximum atomic E-state index is 11.8. The summed E-state index contributed by atoms with van der Waals surface area (Å²) < 4.78 is 11.8. The van der Waals surface area contributed by atoms with E-state index in [-0.39, 0.29) is 0 Å². The molecule has 6 nitrogen and oxygen atoms in total. The van der Waals surface area contributed by atoms with Crippen molar-refractivity contribution in [2.45, 2.75) is 29.7 Å². The van der Waals surface area contributed by atoms with E-state index in [1.165, 1.54) is 11.3 Å². The molecular weight excluding hydrogens is 358 g/mol. The molecule has 3 aromatic rings. The summed E-state index contributed by atoms with van der Waals surface area (Å²) in [5.41, 5.74) is 0. The van der Waals surface area contributed by atoms with E-state index in [2.05, 4.69) is 29.1 Å². The predicted molar refractivity (Wildman–Crippen MR) is 98.4 cm³/mol. The lowest BCUT2D eigenvalue weighted by Crippen LogP contribution is -2.16. The zero-order valence-electron chi connectivity index (χ0n) is 13.8. The summed E-state index contributed by atoms with van der Waals surface area (Å²) in [7, 11) is 0. The number of amides is 1. The van der Waals surface area contributed by atoms with Crippen molar-refractivity contribution in [3.63, 3.8) is 0 Å². The average Bonchev–Trinajstić information content (AvgIpc) is 3.23.